The second kappa shape index (κ2) is 10.3. The van der Waals surface area contributed by atoms with Gasteiger partial charge in [0.2, 0.25) is 11.8 Å². The number of amides is 2. The largest absolute Gasteiger partial charge is 0.496 e. The number of methoxy groups -OCH3 is 3. The SMILES string of the molecule is COc1ccc(Br)cc1CN1C(=O)CCC1(C)C(=O)NCCc1ccc(OC)c(OC)c1. The van der Waals surface area contributed by atoms with Gasteiger partial charge in [-0.2, -0.15) is 0 Å². The molecule has 0 aliphatic carbocycles. The highest BCUT2D eigenvalue weighted by molar-refractivity contribution is 9.10. The summed E-state index contributed by atoms with van der Waals surface area (Å²) in [5, 5.41) is 3.01. The molecule has 1 aliphatic rings. The fourth-order valence-corrected chi connectivity index (χ4v) is 4.39. The molecule has 1 saturated heterocycles. The molecule has 0 aromatic heterocycles. The highest BCUT2D eigenvalue weighted by Crippen LogP contribution is 2.34. The summed E-state index contributed by atoms with van der Waals surface area (Å²) in [6, 6.07) is 11.3. The third-order valence-corrected chi connectivity index (χ3v) is 6.42. The minimum atomic E-state index is -0.915. The minimum absolute atomic E-state index is 0.0374. The first-order valence-electron chi connectivity index (χ1n) is 10.4. The molecule has 1 heterocycles. The number of rotatable bonds is 9. The van der Waals surface area contributed by atoms with Crippen LogP contribution in [0.5, 0.6) is 17.2 Å². The monoisotopic (exact) mass is 504 g/mol. The van der Waals surface area contributed by atoms with Crippen molar-refractivity contribution in [2.24, 2.45) is 0 Å². The maximum absolute atomic E-state index is 13.2. The van der Waals surface area contributed by atoms with Gasteiger partial charge < -0.3 is 24.4 Å². The molecule has 2 aromatic carbocycles. The maximum atomic E-state index is 13.2. The average Bonchev–Trinajstić information content (AvgIpc) is 3.08. The molecular formula is C24H29BrN2O5. The molecule has 0 radical (unpaired) electrons. The number of nitrogens with one attached hydrogen (secondary N) is 1. The molecule has 1 fully saturated rings. The summed E-state index contributed by atoms with van der Waals surface area (Å²) in [5.41, 5.74) is 0.954. The van der Waals surface area contributed by atoms with E-state index in [0.29, 0.717) is 49.6 Å². The number of hydrogen-bond donors (Lipinski definition) is 1. The number of ether oxygens (including phenoxy) is 3. The summed E-state index contributed by atoms with van der Waals surface area (Å²) in [5.74, 6) is 1.81. The van der Waals surface area contributed by atoms with Crippen molar-refractivity contribution in [3.05, 3.63) is 52.0 Å². The lowest BCUT2D eigenvalue weighted by molar-refractivity contribution is -0.141. The Labute approximate surface area is 197 Å². The Morgan fingerprint density at radius 2 is 1.75 bits per heavy atom. The van der Waals surface area contributed by atoms with Crippen molar-refractivity contribution in [2.75, 3.05) is 27.9 Å². The van der Waals surface area contributed by atoms with E-state index in [-0.39, 0.29) is 11.8 Å². The summed E-state index contributed by atoms with van der Waals surface area (Å²) in [4.78, 5) is 27.5. The molecule has 1 aliphatic heterocycles. The van der Waals surface area contributed by atoms with Crippen molar-refractivity contribution in [1.29, 1.82) is 0 Å². The fraction of sp³-hybridized carbons (Fsp3) is 0.417. The number of carbonyl (C=O) groups is 2. The molecule has 1 N–H and O–H groups in total. The van der Waals surface area contributed by atoms with Gasteiger partial charge in [0.05, 0.1) is 27.9 Å². The summed E-state index contributed by atoms with van der Waals surface area (Å²) in [7, 11) is 4.78. The Morgan fingerprint density at radius 3 is 2.44 bits per heavy atom. The summed E-state index contributed by atoms with van der Waals surface area (Å²) < 4.78 is 16.9. The molecule has 0 spiro atoms. The van der Waals surface area contributed by atoms with E-state index in [2.05, 4.69) is 21.2 Å². The van der Waals surface area contributed by atoms with Crippen molar-refractivity contribution in [3.63, 3.8) is 0 Å². The Balaban J connectivity index is 1.68. The van der Waals surface area contributed by atoms with E-state index < -0.39 is 5.54 Å². The van der Waals surface area contributed by atoms with Crippen LogP contribution in [0.1, 0.15) is 30.9 Å². The molecule has 2 aromatic rings. The highest BCUT2D eigenvalue weighted by atomic mass is 79.9. The number of nitrogens with zero attached hydrogens (tertiary/aromatic N) is 1. The summed E-state index contributed by atoms with van der Waals surface area (Å²) in [6.07, 6.45) is 1.45. The molecule has 0 bridgehead atoms. The van der Waals surface area contributed by atoms with E-state index in [9.17, 15) is 9.59 Å². The van der Waals surface area contributed by atoms with Crippen LogP contribution in [0.3, 0.4) is 0 Å². The second-order valence-electron chi connectivity index (χ2n) is 7.91. The van der Waals surface area contributed by atoms with Gasteiger partial charge in [0, 0.05) is 23.0 Å². The molecule has 172 valence electrons. The molecule has 0 saturated carbocycles. The van der Waals surface area contributed by atoms with Crippen LogP contribution >= 0.6 is 15.9 Å². The zero-order chi connectivity index (χ0) is 23.3. The number of likely N-dealkylation sites (tertiary alicyclic amines) is 1. The van der Waals surface area contributed by atoms with Gasteiger partial charge in [0.1, 0.15) is 11.3 Å². The lowest BCUT2D eigenvalue weighted by atomic mass is 9.96. The molecule has 1 unspecified atom stereocenters. The molecular weight excluding hydrogens is 476 g/mol. The third-order valence-electron chi connectivity index (χ3n) is 5.93. The van der Waals surface area contributed by atoms with Gasteiger partial charge in [-0.3, -0.25) is 9.59 Å². The predicted molar refractivity (Wildman–Crippen MR) is 125 cm³/mol. The Bertz CT molecular complexity index is 996. The summed E-state index contributed by atoms with van der Waals surface area (Å²) in [6.45, 7) is 2.58. The van der Waals surface area contributed by atoms with Crippen LogP contribution in [0.15, 0.2) is 40.9 Å². The smallest absolute Gasteiger partial charge is 0.245 e. The predicted octanol–water partition coefficient (Wildman–Crippen LogP) is 3.71. The van der Waals surface area contributed by atoms with E-state index in [1.54, 1.807) is 26.2 Å². The van der Waals surface area contributed by atoms with Gasteiger partial charge >= 0.3 is 0 Å². The van der Waals surface area contributed by atoms with E-state index in [0.717, 1.165) is 15.6 Å². The Hall–Kier alpha value is -2.74. The van der Waals surface area contributed by atoms with E-state index >= 15 is 0 Å². The van der Waals surface area contributed by atoms with Crippen LogP contribution < -0.4 is 19.5 Å². The molecule has 7 nitrogen and oxygen atoms in total. The molecule has 2 amide bonds. The topological polar surface area (TPSA) is 77.1 Å². The van der Waals surface area contributed by atoms with Gasteiger partial charge in [-0.25, -0.2) is 0 Å². The van der Waals surface area contributed by atoms with Gasteiger partial charge in [-0.05, 0) is 55.7 Å². The van der Waals surface area contributed by atoms with Crippen molar-refractivity contribution in [2.45, 2.75) is 38.3 Å². The normalized spacial score (nSPS) is 17.9. The first-order chi connectivity index (χ1) is 15.3. The first-order valence-corrected chi connectivity index (χ1v) is 11.2. The third kappa shape index (κ3) is 5.01. The van der Waals surface area contributed by atoms with Crippen LogP contribution in [0, 0.1) is 0 Å². The van der Waals surface area contributed by atoms with Gasteiger partial charge in [-0.1, -0.05) is 22.0 Å². The van der Waals surface area contributed by atoms with Crippen LogP contribution in [-0.4, -0.2) is 50.1 Å². The lowest BCUT2D eigenvalue weighted by Crippen LogP contribution is -2.54. The minimum Gasteiger partial charge on any atom is -0.496 e. The maximum Gasteiger partial charge on any atom is 0.245 e. The highest BCUT2D eigenvalue weighted by Gasteiger charge is 2.47. The van der Waals surface area contributed by atoms with Crippen LogP contribution in [-0.2, 0) is 22.6 Å². The summed E-state index contributed by atoms with van der Waals surface area (Å²) >= 11 is 3.47. The lowest BCUT2D eigenvalue weighted by Gasteiger charge is -2.34. The van der Waals surface area contributed by atoms with Crippen molar-refractivity contribution >= 4 is 27.7 Å². The zero-order valence-corrected chi connectivity index (χ0v) is 20.5. The molecule has 8 heteroatoms. The number of carbonyl (C=O) groups excluding carboxylic acids is 2. The first kappa shape index (κ1) is 23.9. The van der Waals surface area contributed by atoms with E-state index in [4.69, 9.17) is 14.2 Å². The van der Waals surface area contributed by atoms with E-state index in [1.165, 1.54) is 0 Å². The van der Waals surface area contributed by atoms with Crippen LogP contribution in [0.25, 0.3) is 0 Å². The number of hydrogen-bond acceptors (Lipinski definition) is 5. The van der Waals surface area contributed by atoms with Crippen molar-refractivity contribution in [3.8, 4) is 17.2 Å². The average molecular weight is 505 g/mol. The van der Waals surface area contributed by atoms with Crippen molar-refractivity contribution in [1.82, 2.24) is 10.2 Å². The molecule has 32 heavy (non-hydrogen) atoms. The van der Waals surface area contributed by atoms with Crippen LogP contribution in [0.4, 0.5) is 0 Å². The molecule has 3 rings (SSSR count). The van der Waals surface area contributed by atoms with E-state index in [1.807, 2.05) is 43.3 Å². The van der Waals surface area contributed by atoms with Gasteiger partial charge in [0.15, 0.2) is 11.5 Å². The van der Waals surface area contributed by atoms with Crippen LogP contribution in [0.2, 0.25) is 0 Å². The van der Waals surface area contributed by atoms with Crippen molar-refractivity contribution < 1.29 is 23.8 Å². The quantitative estimate of drug-likeness (QED) is 0.563. The molecule has 1 atom stereocenters. The number of halogens is 1. The standard InChI is InChI=1S/C24H29BrN2O5/c1-24(23(29)26-12-10-16-5-7-20(31-3)21(13-16)32-4)11-9-22(28)27(24)15-17-14-18(25)6-8-19(17)30-2/h5-8,13-14H,9-12,15H2,1-4H3,(H,26,29). The zero-order valence-electron chi connectivity index (χ0n) is 18.9. The fourth-order valence-electron chi connectivity index (χ4n) is 3.98. The number of benzene rings is 2. The second-order valence-corrected chi connectivity index (χ2v) is 8.82. The van der Waals surface area contributed by atoms with Gasteiger partial charge in [-0.15, -0.1) is 0 Å². The Morgan fingerprint density at radius 1 is 1.06 bits per heavy atom. The Kier molecular flexibility index (Phi) is 7.66. The van der Waals surface area contributed by atoms with Gasteiger partial charge in [0.25, 0.3) is 0 Å².